The van der Waals surface area contributed by atoms with Crippen molar-refractivity contribution in [2.24, 2.45) is 7.05 Å². The Morgan fingerprint density at radius 2 is 1.71 bits per heavy atom. The molecule has 3 rings (SSSR count). The molecule has 1 aliphatic heterocycles. The van der Waals surface area contributed by atoms with Gasteiger partial charge in [0.1, 0.15) is 5.82 Å². The summed E-state index contributed by atoms with van der Waals surface area (Å²) in [5.74, 6) is 1.98. The molecule has 1 saturated heterocycles. The lowest BCUT2D eigenvalue weighted by Crippen LogP contribution is -2.46. The molecule has 6 nitrogen and oxygen atoms in total. The van der Waals surface area contributed by atoms with Crippen molar-refractivity contribution in [3.63, 3.8) is 0 Å². The summed E-state index contributed by atoms with van der Waals surface area (Å²) in [5, 5.41) is 0. The molecule has 2 aromatic rings. The van der Waals surface area contributed by atoms with Crippen molar-refractivity contribution in [1.29, 1.82) is 0 Å². The number of anilines is 1. The highest BCUT2D eigenvalue weighted by Gasteiger charge is 2.20. The van der Waals surface area contributed by atoms with E-state index in [1.54, 1.807) is 0 Å². The van der Waals surface area contributed by atoms with E-state index in [2.05, 4.69) is 29.3 Å². The minimum absolute atomic E-state index is 0.865. The molecule has 0 aliphatic carbocycles. The molecule has 0 amide bonds. The van der Waals surface area contributed by atoms with E-state index in [0.29, 0.717) is 0 Å². The van der Waals surface area contributed by atoms with Gasteiger partial charge in [-0.05, 0) is 19.9 Å². The SMILES string of the molecule is Cc1cc(C)nc(N2CCN(Cc3nccn3C)CC2)n1. The van der Waals surface area contributed by atoms with E-state index >= 15 is 0 Å². The fraction of sp³-hybridized carbons (Fsp3) is 0.533. The first-order valence-corrected chi connectivity index (χ1v) is 7.37. The summed E-state index contributed by atoms with van der Waals surface area (Å²) in [7, 11) is 2.04. The number of nitrogens with zero attached hydrogens (tertiary/aromatic N) is 6. The molecule has 2 aromatic heterocycles. The summed E-state index contributed by atoms with van der Waals surface area (Å²) < 4.78 is 2.08. The third kappa shape index (κ3) is 3.21. The van der Waals surface area contributed by atoms with Crippen LogP contribution < -0.4 is 4.90 Å². The molecule has 0 unspecified atom stereocenters. The van der Waals surface area contributed by atoms with Crippen LogP contribution in [0, 0.1) is 13.8 Å². The number of hydrogen-bond donors (Lipinski definition) is 0. The van der Waals surface area contributed by atoms with Gasteiger partial charge in [0.25, 0.3) is 0 Å². The second kappa shape index (κ2) is 5.81. The van der Waals surface area contributed by atoms with Crippen LogP contribution in [-0.2, 0) is 13.6 Å². The van der Waals surface area contributed by atoms with Crippen molar-refractivity contribution in [3.05, 3.63) is 35.7 Å². The zero-order valence-corrected chi connectivity index (χ0v) is 13.0. The molecule has 1 fully saturated rings. The Morgan fingerprint density at radius 1 is 1.05 bits per heavy atom. The molecule has 6 heteroatoms. The second-order valence-corrected chi connectivity index (χ2v) is 5.67. The van der Waals surface area contributed by atoms with Gasteiger partial charge in [-0.15, -0.1) is 0 Å². The molecule has 0 radical (unpaired) electrons. The highest BCUT2D eigenvalue weighted by Crippen LogP contribution is 2.14. The standard InChI is InChI=1S/C15H22N6/c1-12-10-13(2)18-15(17-12)21-8-6-20(7-9-21)11-14-16-4-5-19(14)3/h4-5,10H,6-9,11H2,1-3H3. The van der Waals surface area contributed by atoms with E-state index in [1.807, 2.05) is 39.4 Å². The molecule has 21 heavy (non-hydrogen) atoms. The zero-order chi connectivity index (χ0) is 14.8. The number of aromatic nitrogens is 4. The zero-order valence-electron chi connectivity index (χ0n) is 13.0. The lowest BCUT2D eigenvalue weighted by atomic mass is 10.3. The normalized spacial score (nSPS) is 16.4. The van der Waals surface area contributed by atoms with E-state index in [4.69, 9.17) is 0 Å². The highest BCUT2D eigenvalue weighted by atomic mass is 15.3. The van der Waals surface area contributed by atoms with Crippen molar-refractivity contribution >= 4 is 5.95 Å². The first-order valence-electron chi connectivity index (χ1n) is 7.37. The van der Waals surface area contributed by atoms with E-state index in [0.717, 1.165) is 55.9 Å². The monoisotopic (exact) mass is 286 g/mol. The van der Waals surface area contributed by atoms with Gasteiger partial charge in [-0.2, -0.15) is 0 Å². The van der Waals surface area contributed by atoms with Crippen molar-refractivity contribution in [2.45, 2.75) is 20.4 Å². The van der Waals surface area contributed by atoms with Gasteiger partial charge in [0.2, 0.25) is 5.95 Å². The largest absolute Gasteiger partial charge is 0.338 e. The van der Waals surface area contributed by atoms with Gasteiger partial charge < -0.3 is 9.47 Å². The summed E-state index contributed by atoms with van der Waals surface area (Å²) in [6.07, 6.45) is 3.85. The topological polar surface area (TPSA) is 50.1 Å². The Kier molecular flexibility index (Phi) is 3.88. The molecule has 0 saturated carbocycles. The van der Waals surface area contributed by atoms with Crippen molar-refractivity contribution < 1.29 is 0 Å². The van der Waals surface area contributed by atoms with Crippen molar-refractivity contribution in [2.75, 3.05) is 31.1 Å². The molecule has 3 heterocycles. The van der Waals surface area contributed by atoms with Crippen LogP contribution in [-0.4, -0.2) is 50.6 Å². The van der Waals surface area contributed by atoms with Gasteiger partial charge >= 0.3 is 0 Å². The van der Waals surface area contributed by atoms with Crippen LogP contribution in [0.1, 0.15) is 17.2 Å². The third-order valence-corrected chi connectivity index (χ3v) is 3.91. The Bertz CT molecular complexity index is 592. The maximum atomic E-state index is 4.55. The molecule has 0 bridgehead atoms. The maximum Gasteiger partial charge on any atom is 0.225 e. The summed E-state index contributed by atoms with van der Waals surface area (Å²) >= 11 is 0. The van der Waals surface area contributed by atoms with Crippen LogP contribution in [0.5, 0.6) is 0 Å². The number of hydrogen-bond acceptors (Lipinski definition) is 5. The average molecular weight is 286 g/mol. The first kappa shape index (κ1) is 14.0. The van der Waals surface area contributed by atoms with Crippen LogP contribution in [0.3, 0.4) is 0 Å². The maximum absolute atomic E-state index is 4.55. The van der Waals surface area contributed by atoms with Crippen LogP contribution in [0.15, 0.2) is 18.5 Å². The van der Waals surface area contributed by atoms with Crippen molar-refractivity contribution in [3.8, 4) is 0 Å². The summed E-state index contributed by atoms with van der Waals surface area (Å²) in [5.41, 5.74) is 2.07. The van der Waals surface area contributed by atoms with Crippen LogP contribution in [0.2, 0.25) is 0 Å². The van der Waals surface area contributed by atoms with E-state index in [9.17, 15) is 0 Å². The second-order valence-electron chi connectivity index (χ2n) is 5.67. The summed E-state index contributed by atoms with van der Waals surface area (Å²) in [4.78, 5) is 18.2. The number of imidazole rings is 1. The predicted octanol–water partition coefficient (Wildman–Crippen LogP) is 1.15. The van der Waals surface area contributed by atoms with Gasteiger partial charge in [-0.1, -0.05) is 0 Å². The molecule has 0 aromatic carbocycles. The van der Waals surface area contributed by atoms with Crippen molar-refractivity contribution in [1.82, 2.24) is 24.4 Å². The Morgan fingerprint density at radius 3 is 2.29 bits per heavy atom. The molecular formula is C15H22N6. The van der Waals surface area contributed by atoms with Crippen LogP contribution in [0.25, 0.3) is 0 Å². The number of piperazine rings is 1. The minimum atomic E-state index is 0.865. The molecular weight excluding hydrogens is 264 g/mol. The van der Waals surface area contributed by atoms with Gasteiger partial charge in [-0.25, -0.2) is 15.0 Å². The molecule has 1 aliphatic rings. The highest BCUT2D eigenvalue weighted by molar-refractivity contribution is 5.32. The van der Waals surface area contributed by atoms with Gasteiger partial charge in [0.05, 0.1) is 6.54 Å². The fourth-order valence-electron chi connectivity index (χ4n) is 2.70. The van der Waals surface area contributed by atoms with Gasteiger partial charge in [-0.3, -0.25) is 4.90 Å². The molecule has 0 spiro atoms. The molecule has 0 atom stereocenters. The Labute approximate surface area is 125 Å². The van der Waals surface area contributed by atoms with Crippen LogP contribution >= 0.6 is 0 Å². The third-order valence-electron chi connectivity index (χ3n) is 3.91. The van der Waals surface area contributed by atoms with Gasteiger partial charge in [0, 0.05) is 57.0 Å². The lowest BCUT2D eigenvalue weighted by Gasteiger charge is -2.34. The van der Waals surface area contributed by atoms with Crippen LogP contribution in [0.4, 0.5) is 5.95 Å². The first-order chi connectivity index (χ1) is 10.1. The fourth-order valence-corrected chi connectivity index (χ4v) is 2.70. The molecule has 112 valence electrons. The molecule has 0 N–H and O–H groups in total. The summed E-state index contributed by atoms with van der Waals surface area (Å²) in [6.45, 7) is 8.92. The Hall–Kier alpha value is -1.95. The van der Waals surface area contributed by atoms with E-state index in [1.165, 1.54) is 0 Å². The van der Waals surface area contributed by atoms with Gasteiger partial charge in [0.15, 0.2) is 0 Å². The average Bonchev–Trinajstić information content (AvgIpc) is 2.84. The predicted molar refractivity (Wildman–Crippen MR) is 82.2 cm³/mol. The Balaban J connectivity index is 1.61. The summed E-state index contributed by atoms with van der Waals surface area (Å²) in [6, 6.07) is 2.01. The quantitative estimate of drug-likeness (QED) is 0.847. The smallest absolute Gasteiger partial charge is 0.225 e. The van der Waals surface area contributed by atoms with E-state index in [-0.39, 0.29) is 0 Å². The minimum Gasteiger partial charge on any atom is -0.338 e. The van der Waals surface area contributed by atoms with E-state index < -0.39 is 0 Å². The number of rotatable bonds is 3. The lowest BCUT2D eigenvalue weighted by molar-refractivity contribution is 0.240. The number of aryl methyl sites for hydroxylation is 3.